The molecular weight excluding hydrogens is 324 g/mol. The molecule has 0 radical (unpaired) electrons. The summed E-state index contributed by atoms with van der Waals surface area (Å²) in [5.41, 5.74) is 6.14. The van der Waals surface area contributed by atoms with Crippen LogP contribution in [-0.2, 0) is 4.79 Å². The molecule has 3 rings (SSSR count). The topological polar surface area (TPSA) is 98.9 Å². The third-order valence-corrected chi connectivity index (χ3v) is 3.84. The maximum Gasteiger partial charge on any atom is 0.270 e. The number of methoxy groups -OCH3 is 1. The van der Waals surface area contributed by atoms with E-state index in [9.17, 15) is 14.4 Å². The summed E-state index contributed by atoms with van der Waals surface area (Å²) in [5, 5.41) is 0. The van der Waals surface area contributed by atoms with Crippen molar-refractivity contribution in [2.45, 2.75) is 6.42 Å². The number of anilines is 1. The van der Waals surface area contributed by atoms with Crippen LogP contribution in [0.25, 0.3) is 0 Å². The number of hydrogen-bond donors (Lipinski definition) is 1. The van der Waals surface area contributed by atoms with Crippen molar-refractivity contribution in [2.75, 3.05) is 19.5 Å². The molecule has 0 atom stereocenters. The zero-order valence-corrected chi connectivity index (χ0v) is 13.5. The molecule has 128 valence electrons. The zero-order chi connectivity index (χ0) is 18.0. The minimum atomic E-state index is -0.694. The molecule has 7 nitrogen and oxygen atoms in total. The van der Waals surface area contributed by atoms with Crippen molar-refractivity contribution in [2.24, 2.45) is 0 Å². The van der Waals surface area contributed by atoms with Gasteiger partial charge in [-0.2, -0.15) is 0 Å². The van der Waals surface area contributed by atoms with Gasteiger partial charge in [0.2, 0.25) is 5.91 Å². The Morgan fingerprint density at radius 1 is 1.04 bits per heavy atom. The Bertz CT molecular complexity index is 862. The fourth-order valence-electron chi connectivity index (χ4n) is 2.64. The monoisotopic (exact) mass is 340 g/mol. The Kier molecular flexibility index (Phi) is 4.38. The van der Waals surface area contributed by atoms with Crippen LogP contribution in [0.4, 0.5) is 5.69 Å². The van der Waals surface area contributed by atoms with Crippen molar-refractivity contribution >= 4 is 23.4 Å². The van der Waals surface area contributed by atoms with Crippen LogP contribution in [0.1, 0.15) is 27.1 Å². The summed E-state index contributed by atoms with van der Waals surface area (Å²) in [4.78, 5) is 37.6. The predicted molar refractivity (Wildman–Crippen MR) is 89.5 cm³/mol. The van der Waals surface area contributed by atoms with E-state index < -0.39 is 17.7 Å². The highest BCUT2D eigenvalue weighted by atomic mass is 16.5. The number of ether oxygens (including phenoxy) is 2. The highest BCUT2D eigenvalue weighted by molar-refractivity contribution is 6.30. The summed E-state index contributed by atoms with van der Waals surface area (Å²) in [5.74, 6) is -0.983. The van der Waals surface area contributed by atoms with Crippen molar-refractivity contribution in [3.05, 3.63) is 53.6 Å². The zero-order valence-electron chi connectivity index (χ0n) is 13.5. The Balaban J connectivity index is 1.68. The second-order valence-electron chi connectivity index (χ2n) is 5.36. The Hall–Kier alpha value is -3.35. The molecular formula is C18H16N2O5. The van der Waals surface area contributed by atoms with E-state index in [1.165, 1.54) is 19.2 Å². The Morgan fingerprint density at radius 2 is 1.76 bits per heavy atom. The van der Waals surface area contributed by atoms with Crippen molar-refractivity contribution in [1.82, 2.24) is 4.90 Å². The summed E-state index contributed by atoms with van der Waals surface area (Å²) in [6.07, 6.45) is -0.135. The number of fused-ring (bicyclic) bond motifs is 1. The molecule has 0 unspecified atom stereocenters. The summed E-state index contributed by atoms with van der Waals surface area (Å²) >= 11 is 0. The lowest BCUT2D eigenvalue weighted by Gasteiger charge is -2.13. The average Bonchev–Trinajstić information content (AvgIpc) is 2.87. The van der Waals surface area contributed by atoms with Gasteiger partial charge in [0.25, 0.3) is 11.8 Å². The molecule has 0 bridgehead atoms. The maximum atomic E-state index is 12.3. The summed E-state index contributed by atoms with van der Waals surface area (Å²) < 4.78 is 10.7. The molecule has 0 aliphatic carbocycles. The van der Waals surface area contributed by atoms with Crippen LogP contribution in [0, 0.1) is 0 Å². The average molecular weight is 340 g/mol. The van der Waals surface area contributed by atoms with E-state index in [2.05, 4.69) is 0 Å². The number of rotatable bonds is 5. The van der Waals surface area contributed by atoms with E-state index in [-0.39, 0.29) is 29.8 Å². The van der Waals surface area contributed by atoms with Crippen molar-refractivity contribution < 1.29 is 23.9 Å². The van der Waals surface area contributed by atoms with Gasteiger partial charge in [-0.3, -0.25) is 14.4 Å². The molecule has 1 aliphatic heterocycles. The van der Waals surface area contributed by atoms with Gasteiger partial charge in [0.1, 0.15) is 0 Å². The van der Waals surface area contributed by atoms with Crippen LogP contribution in [0.15, 0.2) is 42.5 Å². The van der Waals surface area contributed by atoms with E-state index in [0.717, 1.165) is 0 Å². The van der Waals surface area contributed by atoms with Gasteiger partial charge in [-0.05, 0) is 24.3 Å². The van der Waals surface area contributed by atoms with Crippen molar-refractivity contribution in [1.29, 1.82) is 0 Å². The lowest BCUT2D eigenvalue weighted by atomic mass is 10.1. The van der Waals surface area contributed by atoms with Gasteiger partial charge in [-0.25, -0.2) is 4.90 Å². The third-order valence-electron chi connectivity index (χ3n) is 3.84. The van der Waals surface area contributed by atoms with Gasteiger partial charge in [0.05, 0.1) is 31.3 Å². The van der Waals surface area contributed by atoms with Crippen LogP contribution in [0.2, 0.25) is 0 Å². The lowest BCUT2D eigenvalue weighted by molar-refractivity contribution is -0.126. The predicted octanol–water partition coefficient (Wildman–Crippen LogP) is 1.87. The molecule has 3 amide bonds. The van der Waals surface area contributed by atoms with Crippen molar-refractivity contribution in [3.8, 4) is 11.5 Å². The fraction of sp³-hybridized carbons (Fsp3) is 0.167. The molecule has 1 aliphatic rings. The summed E-state index contributed by atoms with van der Waals surface area (Å²) in [6.45, 7) is 0.00208. The molecule has 2 N–H and O–H groups in total. The van der Waals surface area contributed by atoms with Crippen LogP contribution in [0.3, 0.4) is 0 Å². The highest BCUT2D eigenvalue weighted by Gasteiger charge is 2.40. The third kappa shape index (κ3) is 2.91. The lowest BCUT2D eigenvalue weighted by Crippen LogP contribution is -2.36. The molecule has 1 heterocycles. The number of nitrogen functional groups attached to an aromatic ring is 1. The first-order valence-corrected chi connectivity index (χ1v) is 7.60. The first-order valence-electron chi connectivity index (χ1n) is 7.60. The number of nitrogens with zero attached hydrogens (tertiary/aromatic N) is 1. The van der Waals surface area contributed by atoms with Gasteiger partial charge in [0.15, 0.2) is 11.5 Å². The number of hydrogen-bond acceptors (Lipinski definition) is 6. The molecule has 7 heteroatoms. The van der Waals surface area contributed by atoms with E-state index in [1.54, 1.807) is 30.3 Å². The first-order chi connectivity index (χ1) is 12.0. The van der Waals surface area contributed by atoms with Crippen LogP contribution in [0.5, 0.6) is 11.5 Å². The van der Waals surface area contributed by atoms with Crippen LogP contribution in [-0.4, -0.2) is 36.3 Å². The second kappa shape index (κ2) is 6.64. The maximum absolute atomic E-state index is 12.3. The van der Waals surface area contributed by atoms with E-state index in [4.69, 9.17) is 15.2 Å². The number of imide groups is 3. The van der Waals surface area contributed by atoms with Gasteiger partial charge in [0, 0.05) is 5.69 Å². The minimum absolute atomic E-state index is 0.00208. The fourth-order valence-corrected chi connectivity index (χ4v) is 2.64. The second-order valence-corrected chi connectivity index (χ2v) is 5.36. The molecule has 0 aromatic heterocycles. The molecule has 2 aromatic carbocycles. The molecule has 0 saturated carbocycles. The quantitative estimate of drug-likeness (QED) is 0.659. The highest BCUT2D eigenvalue weighted by Crippen LogP contribution is 2.29. The standard InChI is InChI=1S/C18H16N2O5/c1-24-13-7-2-3-8-14(13)25-10-9-15(21)20-17(22)11-5-4-6-12(19)16(11)18(20)23/h2-8H,9-10,19H2,1H3. The number of carbonyl (C=O) groups is 3. The van der Waals surface area contributed by atoms with Crippen LogP contribution < -0.4 is 15.2 Å². The first kappa shape index (κ1) is 16.5. The largest absolute Gasteiger partial charge is 0.493 e. The number of para-hydroxylation sites is 2. The molecule has 0 saturated heterocycles. The van der Waals surface area contributed by atoms with E-state index in [0.29, 0.717) is 16.4 Å². The van der Waals surface area contributed by atoms with Gasteiger partial charge >= 0.3 is 0 Å². The van der Waals surface area contributed by atoms with Gasteiger partial charge < -0.3 is 15.2 Å². The van der Waals surface area contributed by atoms with Crippen LogP contribution >= 0.6 is 0 Å². The molecule has 2 aromatic rings. The SMILES string of the molecule is COc1ccccc1OCCC(=O)N1C(=O)c2cccc(N)c2C1=O. The number of amides is 3. The van der Waals surface area contributed by atoms with E-state index in [1.807, 2.05) is 0 Å². The number of benzene rings is 2. The van der Waals surface area contributed by atoms with Gasteiger partial charge in [-0.15, -0.1) is 0 Å². The summed E-state index contributed by atoms with van der Waals surface area (Å²) in [6, 6.07) is 11.5. The molecule has 0 fully saturated rings. The smallest absolute Gasteiger partial charge is 0.270 e. The van der Waals surface area contributed by atoms with E-state index >= 15 is 0 Å². The molecule has 25 heavy (non-hydrogen) atoms. The molecule has 0 spiro atoms. The van der Waals surface area contributed by atoms with Crippen molar-refractivity contribution in [3.63, 3.8) is 0 Å². The minimum Gasteiger partial charge on any atom is -0.493 e. The number of carbonyl (C=O) groups excluding carboxylic acids is 3. The Morgan fingerprint density at radius 3 is 2.44 bits per heavy atom. The Labute approximate surface area is 143 Å². The van der Waals surface area contributed by atoms with Gasteiger partial charge in [-0.1, -0.05) is 18.2 Å². The number of nitrogens with two attached hydrogens (primary N) is 1. The normalized spacial score (nSPS) is 12.9. The summed E-state index contributed by atoms with van der Waals surface area (Å²) in [7, 11) is 1.51.